The van der Waals surface area contributed by atoms with Gasteiger partial charge >= 0.3 is 0 Å². The van der Waals surface area contributed by atoms with Gasteiger partial charge in [0.25, 0.3) is 0 Å². The third-order valence-corrected chi connectivity index (χ3v) is 11.4. The van der Waals surface area contributed by atoms with Crippen LogP contribution in [0.4, 0.5) is 17.1 Å². The summed E-state index contributed by atoms with van der Waals surface area (Å²) in [4.78, 5) is 7.41. The van der Waals surface area contributed by atoms with Crippen LogP contribution >= 0.6 is 0 Å². The fourth-order valence-electron chi connectivity index (χ4n) is 8.90. The van der Waals surface area contributed by atoms with Crippen molar-refractivity contribution < 1.29 is 4.42 Å². The van der Waals surface area contributed by atoms with Crippen molar-refractivity contribution in [2.75, 3.05) is 4.90 Å². The highest BCUT2D eigenvalue weighted by Crippen LogP contribution is 2.52. The van der Waals surface area contributed by atoms with Gasteiger partial charge in [-0.2, -0.15) is 0 Å². The normalized spacial score (nSPS) is 13.1. The molecule has 4 heteroatoms. The van der Waals surface area contributed by atoms with Gasteiger partial charge in [0.05, 0.1) is 22.4 Å². The van der Waals surface area contributed by atoms with E-state index in [2.05, 4.69) is 163 Å². The molecule has 0 atom stereocenters. The summed E-state index contributed by atoms with van der Waals surface area (Å²) in [5, 5.41) is 4.89. The van der Waals surface area contributed by atoms with Crippen LogP contribution in [0, 0.1) is 0 Å². The number of benzene rings is 8. The average molecular weight is 694 g/mol. The van der Waals surface area contributed by atoms with Crippen LogP contribution in [0.3, 0.4) is 0 Å². The summed E-state index contributed by atoms with van der Waals surface area (Å²) in [7, 11) is 0. The highest BCUT2D eigenvalue weighted by Gasteiger charge is 2.36. The van der Waals surface area contributed by atoms with E-state index in [1.54, 1.807) is 0 Å². The van der Waals surface area contributed by atoms with Crippen molar-refractivity contribution in [3.63, 3.8) is 0 Å². The zero-order valence-corrected chi connectivity index (χ0v) is 30.0. The maximum atomic E-state index is 6.78. The van der Waals surface area contributed by atoms with Gasteiger partial charge in [-0.1, -0.05) is 129 Å². The molecule has 1 aliphatic rings. The van der Waals surface area contributed by atoms with Gasteiger partial charge in [-0.15, -0.1) is 0 Å². The van der Waals surface area contributed by atoms with Crippen LogP contribution in [0.25, 0.3) is 71.9 Å². The summed E-state index contributed by atoms with van der Waals surface area (Å²) < 4.78 is 9.21. The van der Waals surface area contributed by atoms with Gasteiger partial charge in [-0.25, -0.2) is 4.98 Å². The first-order valence-corrected chi connectivity index (χ1v) is 18.6. The van der Waals surface area contributed by atoms with Crippen molar-refractivity contribution in [2.45, 2.75) is 19.3 Å². The Balaban J connectivity index is 1.26. The highest BCUT2D eigenvalue weighted by molar-refractivity contribution is 6.24. The minimum atomic E-state index is -0.170. The monoisotopic (exact) mass is 693 g/mol. The molecule has 0 radical (unpaired) electrons. The lowest BCUT2D eigenvalue weighted by Gasteiger charge is -2.29. The maximum Gasteiger partial charge on any atom is 0.227 e. The number of rotatable bonds is 5. The summed E-state index contributed by atoms with van der Waals surface area (Å²) in [6, 6.07) is 62.9. The molecule has 0 fully saturated rings. The summed E-state index contributed by atoms with van der Waals surface area (Å²) in [5.74, 6) is 0.603. The van der Waals surface area contributed by atoms with Crippen LogP contribution in [-0.2, 0) is 5.41 Å². The van der Waals surface area contributed by atoms with E-state index in [1.807, 2.05) is 36.4 Å². The quantitative estimate of drug-likeness (QED) is 0.180. The van der Waals surface area contributed by atoms with Crippen molar-refractivity contribution in [1.82, 2.24) is 9.55 Å². The Kier molecular flexibility index (Phi) is 6.56. The summed E-state index contributed by atoms with van der Waals surface area (Å²) in [6.45, 7) is 4.68. The Hall–Kier alpha value is -6.91. The SMILES string of the molecule is CC1(C)c2ccccc2-c2ccc(N(c3cccc4nc(-c5ccccc5)oc34)c3cccc4c5c6ccccc6ccc5n(-c5ccccc5)c34)cc21. The molecule has 0 spiro atoms. The highest BCUT2D eigenvalue weighted by atomic mass is 16.3. The van der Waals surface area contributed by atoms with Crippen molar-refractivity contribution in [3.05, 3.63) is 187 Å². The molecule has 0 amide bonds. The second kappa shape index (κ2) is 11.5. The Morgan fingerprint density at radius 1 is 0.574 bits per heavy atom. The van der Waals surface area contributed by atoms with Crippen LogP contribution < -0.4 is 4.90 Å². The first-order valence-electron chi connectivity index (χ1n) is 18.6. The molecule has 1 aliphatic carbocycles. The average Bonchev–Trinajstić information content (AvgIpc) is 3.88. The summed E-state index contributed by atoms with van der Waals surface area (Å²) in [5.41, 5.74) is 14.0. The Bertz CT molecular complexity index is 3080. The first-order chi connectivity index (χ1) is 26.6. The molecule has 0 unspecified atom stereocenters. The number of anilines is 3. The van der Waals surface area contributed by atoms with E-state index in [9.17, 15) is 0 Å². The fourth-order valence-corrected chi connectivity index (χ4v) is 8.90. The van der Waals surface area contributed by atoms with Crippen molar-refractivity contribution >= 4 is 60.7 Å². The van der Waals surface area contributed by atoms with E-state index < -0.39 is 0 Å². The second-order valence-corrected chi connectivity index (χ2v) is 14.8. The molecule has 2 aromatic heterocycles. The molecule has 11 rings (SSSR count). The lowest BCUT2D eigenvalue weighted by Crippen LogP contribution is -2.17. The van der Waals surface area contributed by atoms with Gasteiger partial charge in [-0.3, -0.25) is 0 Å². The molecule has 0 saturated heterocycles. The lowest BCUT2D eigenvalue weighted by atomic mass is 9.82. The van der Waals surface area contributed by atoms with Gasteiger partial charge < -0.3 is 13.9 Å². The van der Waals surface area contributed by atoms with Gasteiger partial charge in [0.1, 0.15) is 5.52 Å². The van der Waals surface area contributed by atoms with Gasteiger partial charge in [0.2, 0.25) is 5.89 Å². The van der Waals surface area contributed by atoms with E-state index in [-0.39, 0.29) is 5.41 Å². The number of hydrogen-bond donors (Lipinski definition) is 0. The van der Waals surface area contributed by atoms with Crippen LogP contribution in [-0.4, -0.2) is 9.55 Å². The van der Waals surface area contributed by atoms with Crippen molar-refractivity contribution in [3.8, 4) is 28.3 Å². The van der Waals surface area contributed by atoms with E-state index in [0.29, 0.717) is 5.89 Å². The fraction of sp³-hybridized carbons (Fsp3) is 0.0600. The first kappa shape index (κ1) is 30.7. The third-order valence-electron chi connectivity index (χ3n) is 11.4. The molecule has 0 aliphatic heterocycles. The molecule has 10 aromatic rings. The van der Waals surface area contributed by atoms with E-state index in [0.717, 1.165) is 50.4 Å². The number of hydrogen-bond acceptors (Lipinski definition) is 3. The Morgan fingerprint density at radius 3 is 2.15 bits per heavy atom. The predicted octanol–water partition coefficient (Wildman–Crippen LogP) is 13.5. The van der Waals surface area contributed by atoms with E-state index in [1.165, 1.54) is 43.8 Å². The molecule has 0 saturated carbocycles. The molecule has 0 N–H and O–H groups in total. The minimum absolute atomic E-state index is 0.170. The van der Waals surface area contributed by atoms with Crippen molar-refractivity contribution in [1.29, 1.82) is 0 Å². The third kappa shape index (κ3) is 4.40. The maximum absolute atomic E-state index is 6.78. The number of aromatic nitrogens is 2. The molecule has 4 nitrogen and oxygen atoms in total. The summed E-state index contributed by atoms with van der Waals surface area (Å²) >= 11 is 0. The van der Waals surface area contributed by atoms with Crippen LogP contribution in [0.1, 0.15) is 25.0 Å². The van der Waals surface area contributed by atoms with Crippen molar-refractivity contribution in [2.24, 2.45) is 0 Å². The Morgan fingerprint density at radius 2 is 1.28 bits per heavy atom. The number of fused-ring (bicyclic) bond motifs is 9. The smallest absolute Gasteiger partial charge is 0.227 e. The molecule has 8 aromatic carbocycles. The van der Waals surface area contributed by atoms with E-state index in [4.69, 9.17) is 9.40 Å². The second-order valence-electron chi connectivity index (χ2n) is 14.8. The van der Waals surface area contributed by atoms with Crippen LogP contribution in [0.15, 0.2) is 180 Å². The summed E-state index contributed by atoms with van der Waals surface area (Å²) in [6.07, 6.45) is 0. The van der Waals surface area contributed by atoms with E-state index >= 15 is 0 Å². The number of nitrogens with zero attached hydrogens (tertiary/aromatic N) is 3. The molecule has 2 heterocycles. The standard InChI is InChI=1S/C50H35N3O/c1-50(2)40-23-12-11-21-37(40)38-29-28-35(31-41(38)50)52(45-26-14-24-42-48(45)54-49(51-42)33-16-5-3-6-17-33)44-25-13-22-39-46-36-20-10-9-15-32(36)27-30-43(46)53(47(39)44)34-18-7-4-8-19-34/h3-31H,1-2H3. The van der Waals surface area contributed by atoms with Crippen LogP contribution in [0.5, 0.6) is 0 Å². The number of para-hydroxylation sites is 3. The molecular formula is C50H35N3O. The largest absolute Gasteiger partial charge is 0.434 e. The number of oxazole rings is 1. The van der Waals surface area contributed by atoms with Gasteiger partial charge in [0.15, 0.2) is 5.58 Å². The van der Waals surface area contributed by atoms with Gasteiger partial charge in [-0.05, 0) is 93.7 Å². The zero-order chi connectivity index (χ0) is 36.0. The predicted molar refractivity (Wildman–Crippen MR) is 224 cm³/mol. The molecule has 0 bridgehead atoms. The lowest BCUT2D eigenvalue weighted by molar-refractivity contribution is 0.620. The minimum Gasteiger partial charge on any atom is -0.434 e. The van der Waals surface area contributed by atoms with Crippen LogP contribution in [0.2, 0.25) is 0 Å². The molecule has 256 valence electrons. The Labute approximate surface area is 313 Å². The van der Waals surface area contributed by atoms with Gasteiger partial charge in [0, 0.05) is 33.1 Å². The zero-order valence-electron chi connectivity index (χ0n) is 30.0. The topological polar surface area (TPSA) is 34.2 Å². The molecular weight excluding hydrogens is 659 g/mol. The molecule has 54 heavy (non-hydrogen) atoms.